The highest BCUT2D eigenvalue weighted by molar-refractivity contribution is 4.62. The van der Waals surface area contributed by atoms with Crippen molar-refractivity contribution in [3.63, 3.8) is 0 Å². The molecule has 0 aliphatic carbocycles. The predicted molar refractivity (Wildman–Crippen MR) is 80.5 cm³/mol. The molecule has 0 saturated carbocycles. The van der Waals surface area contributed by atoms with Crippen LogP contribution in [0.3, 0.4) is 0 Å². The molecule has 0 aromatic heterocycles. The van der Waals surface area contributed by atoms with E-state index in [9.17, 15) is 0 Å². The average molecular weight is 240 g/mol. The molecule has 0 radical (unpaired) electrons. The van der Waals surface area contributed by atoms with Gasteiger partial charge in [0, 0.05) is 0 Å². The normalized spacial score (nSPS) is 14.8. The summed E-state index contributed by atoms with van der Waals surface area (Å²) in [6.07, 6.45) is 15.8. The Kier molecular flexibility index (Phi) is 12.5. The third kappa shape index (κ3) is 10.9. The van der Waals surface area contributed by atoms with Gasteiger partial charge >= 0.3 is 0 Å². The molecule has 0 saturated heterocycles. The van der Waals surface area contributed by atoms with Crippen LogP contribution in [0.15, 0.2) is 0 Å². The lowest BCUT2D eigenvalue weighted by Gasteiger charge is -2.19. The third-order valence-corrected chi connectivity index (χ3v) is 4.25. The van der Waals surface area contributed by atoms with Gasteiger partial charge in [0.05, 0.1) is 0 Å². The molecule has 0 spiro atoms. The van der Waals surface area contributed by atoms with Gasteiger partial charge in [0.25, 0.3) is 0 Å². The summed E-state index contributed by atoms with van der Waals surface area (Å²) in [5.41, 5.74) is 0. The van der Waals surface area contributed by atoms with Crippen LogP contribution in [-0.2, 0) is 0 Å². The van der Waals surface area contributed by atoms with Crippen molar-refractivity contribution < 1.29 is 0 Å². The Bertz CT molecular complexity index is 139. The maximum Gasteiger partial charge on any atom is -0.0417 e. The van der Waals surface area contributed by atoms with Gasteiger partial charge in [-0.1, -0.05) is 98.3 Å². The number of hydrogen-bond acceptors (Lipinski definition) is 0. The summed E-state index contributed by atoms with van der Waals surface area (Å²) in [5, 5.41) is 0. The fourth-order valence-electron chi connectivity index (χ4n) is 2.53. The van der Waals surface area contributed by atoms with Crippen molar-refractivity contribution in [1.82, 2.24) is 0 Å². The second kappa shape index (κ2) is 12.5. The number of rotatable bonds is 12. The molecule has 0 aromatic carbocycles. The third-order valence-electron chi connectivity index (χ3n) is 4.25. The molecule has 0 bridgehead atoms. The molecule has 0 fully saturated rings. The zero-order valence-electron chi connectivity index (χ0n) is 12.9. The lowest BCUT2D eigenvalue weighted by atomic mass is 9.87. The molecule has 2 unspecified atom stereocenters. The van der Waals surface area contributed by atoms with Crippen molar-refractivity contribution in [3.8, 4) is 0 Å². The van der Waals surface area contributed by atoms with Crippen molar-refractivity contribution in [2.24, 2.45) is 11.8 Å². The molecule has 2 atom stereocenters. The molecule has 0 aliphatic rings. The van der Waals surface area contributed by atoms with E-state index < -0.39 is 0 Å². The van der Waals surface area contributed by atoms with Gasteiger partial charge in [-0.25, -0.2) is 0 Å². The molecule has 17 heavy (non-hydrogen) atoms. The van der Waals surface area contributed by atoms with E-state index in [2.05, 4.69) is 27.7 Å². The second-order valence-electron chi connectivity index (χ2n) is 6.01. The summed E-state index contributed by atoms with van der Waals surface area (Å²) in [7, 11) is 0. The van der Waals surface area contributed by atoms with Crippen LogP contribution in [0.4, 0.5) is 0 Å². The molecule has 0 nitrogen and oxygen atoms in total. The Morgan fingerprint density at radius 2 is 0.882 bits per heavy atom. The van der Waals surface area contributed by atoms with E-state index in [1.807, 2.05) is 0 Å². The van der Waals surface area contributed by atoms with Gasteiger partial charge in [0.2, 0.25) is 0 Å². The fourth-order valence-corrected chi connectivity index (χ4v) is 2.53. The van der Waals surface area contributed by atoms with Crippen LogP contribution >= 0.6 is 0 Å². The first-order chi connectivity index (χ1) is 8.22. The first kappa shape index (κ1) is 17.0. The zero-order valence-corrected chi connectivity index (χ0v) is 12.9. The first-order valence-corrected chi connectivity index (χ1v) is 8.22. The standard InChI is InChI=1S/C17H36/c1-5-7-9-10-11-13-15-17(4)16(3)14-12-8-6-2/h16-17H,5-15H2,1-4H3. The van der Waals surface area contributed by atoms with Crippen LogP contribution in [-0.4, -0.2) is 0 Å². The summed E-state index contributed by atoms with van der Waals surface area (Å²) in [6.45, 7) is 9.50. The predicted octanol–water partition coefficient (Wildman–Crippen LogP) is 6.59. The van der Waals surface area contributed by atoms with E-state index in [0.29, 0.717) is 0 Å². The first-order valence-electron chi connectivity index (χ1n) is 8.22. The molecule has 0 rings (SSSR count). The van der Waals surface area contributed by atoms with Crippen LogP contribution in [0.5, 0.6) is 0 Å². The van der Waals surface area contributed by atoms with Gasteiger partial charge in [-0.2, -0.15) is 0 Å². The second-order valence-corrected chi connectivity index (χ2v) is 6.01. The quantitative estimate of drug-likeness (QED) is 0.338. The van der Waals surface area contributed by atoms with E-state index >= 15 is 0 Å². The van der Waals surface area contributed by atoms with Crippen molar-refractivity contribution in [1.29, 1.82) is 0 Å². The lowest BCUT2D eigenvalue weighted by molar-refractivity contribution is 0.323. The summed E-state index contributed by atoms with van der Waals surface area (Å²) in [4.78, 5) is 0. The molecular weight excluding hydrogens is 204 g/mol. The summed E-state index contributed by atoms with van der Waals surface area (Å²) in [6, 6.07) is 0. The van der Waals surface area contributed by atoms with Crippen LogP contribution in [0.2, 0.25) is 0 Å². The minimum atomic E-state index is 0.942. The maximum absolute atomic E-state index is 2.46. The highest BCUT2D eigenvalue weighted by atomic mass is 14.2. The largest absolute Gasteiger partial charge is 0.0654 e. The molecule has 0 heteroatoms. The molecule has 0 aliphatic heterocycles. The van der Waals surface area contributed by atoms with Gasteiger partial charge in [-0.05, 0) is 11.8 Å². The highest BCUT2D eigenvalue weighted by Crippen LogP contribution is 2.23. The van der Waals surface area contributed by atoms with Gasteiger partial charge in [0.15, 0.2) is 0 Å². The summed E-state index contributed by atoms with van der Waals surface area (Å²) < 4.78 is 0. The van der Waals surface area contributed by atoms with Crippen LogP contribution in [0, 0.1) is 11.8 Å². The fraction of sp³-hybridized carbons (Fsp3) is 1.00. The van der Waals surface area contributed by atoms with Crippen molar-refractivity contribution in [2.75, 3.05) is 0 Å². The Labute approximate surface area is 111 Å². The minimum absolute atomic E-state index is 0.942. The maximum atomic E-state index is 2.46. The van der Waals surface area contributed by atoms with Crippen LogP contribution in [0.25, 0.3) is 0 Å². The molecular formula is C17H36. The van der Waals surface area contributed by atoms with Gasteiger partial charge < -0.3 is 0 Å². The molecule has 0 aromatic rings. The lowest BCUT2D eigenvalue weighted by Crippen LogP contribution is -2.08. The van der Waals surface area contributed by atoms with Crippen molar-refractivity contribution in [3.05, 3.63) is 0 Å². The Morgan fingerprint density at radius 1 is 0.529 bits per heavy atom. The topological polar surface area (TPSA) is 0 Å². The van der Waals surface area contributed by atoms with Crippen LogP contribution < -0.4 is 0 Å². The molecule has 0 heterocycles. The van der Waals surface area contributed by atoms with E-state index in [-0.39, 0.29) is 0 Å². The van der Waals surface area contributed by atoms with Crippen molar-refractivity contribution >= 4 is 0 Å². The highest BCUT2D eigenvalue weighted by Gasteiger charge is 2.11. The van der Waals surface area contributed by atoms with E-state index in [4.69, 9.17) is 0 Å². The minimum Gasteiger partial charge on any atom is -0.0654 e. The zero-order chi connectivity index (χ0) is 12.9. The van der Waals surface area contributed by atoms with Gasteiger partial charge in [0.1, 0.15) is 0 Å². The smallest absolute Gasteiger partial charge is 0.0417 e. The van der Waals surface area contributed by atoms with E-state index in [0.717, 1.165) is 11.8 Å². The van der Waals surface area contributed by atoms with Gasteiger partial charge in [-0.3, -0.25) is 0 Å². The Morgan fingerprint density at radius 3 is 1.41 bits per heavy atom. The van der Waals surface area contributed by atoms with E-state index in [1.54, 1.807) is 0 Å². The summed E-state index contributed by atoms with van der Waals surface area (Å²) >= 11 is 0. The van der Waals surface area contributed by atoms with E-state index in [1.165, 1.54) is 70.6 Å². The molecule has 104 valence electrons. The molecule has 0 amide bonds. The molecule has 0 N–H and O–H groups in total. The monoisotopic (exact) mass is 240 g/mol. The Balaban J connectivity index is 3.34. The SMILES string of the molecule is CCCCCCCCC(C)C(C)CCCCC. The van der Waals surface area contributed by atoms with Crippen LogP contribution in [0.1, 0.15) is 98.3 Å². The Hall–Kier alpha value is 0. The average Bonchev–Trinajstić information content (AvgIpc) is 2.33. The number of hydrogen-bond donors (Lipinski definition) is 0. The van der Waals surface area contributed by atoms with Crippen molar-refractivity contribution in [2.45, 2.75) is 98.3 Å². The number of unbranched alkanes of at least 4 members (excludes halogenated alkanes) is 7. The summed E-state index contributed by atoms with van der Waals surface area (Å²) in [5.74, 6) is 1.88. The van der Waals surface area contributed by atoms with Gasteiger partial charge in [-0.15, -0.1) is 0 Å².